The second-order valence-corrected chi connectivity index (χ2v) is 15.7. The predicted octanol–water partition coefficient (Wildman–Crippen LogP) is 4.07. The fourth-order valence-electron chi connectivity index (χ4n) is 8.56. The van der Waals surface area contributed by atoms with Gasteiger partial charge in [0.2, 0.25) is 29.4 Å². The molecule has 0 radical (unpaired) electrons. The highest BCUT2D eigenvalue weighted by Crippen LogP contribution is 2.36. The van der Waals surface area contributed by atoms with Gasteiger partial charge in [-0.3, -0.25) is 33.1 Å². The van der Waals surface area contributed by atoms with Crippen LogP contribution in [0.15, 0.2) is 84.5 Å². The van der Waals surface area contributed by atoms with Crippen LogP contribution in [0.3, 0.4) is 0 Å². The van der Waals surface area contributed by atoms with E-state index in [1.807, 2.05) is 88.8 Å². The molecule has 0 aliphatic carbocycles. The molecular weight excluding hydrogens is 753 g/mol. The number of H-pyrrole nitrogens is 1. The van der Waals surface area contributed by atoms with E-state index in [-0.39, 0.29) is 41.5 Å². The quantitative estimate of drug-likeness (QED) is 0.124. The average molecular weight is 801 g/mol. The van der Waals surface area contributed by atoms with Crippen molar-refractivity contribution in [2.75, 3.05) is 19.7 Å². The summed E-state index contributed by atoms with van der Waals surface area (Å²) in [6.45, 7) is 5.54. The topological polar surface area (TPSA) is 203 Å². The molecular formula is C43H48N10O6. The van der Waals surface area contributed by atoms with Crippen LogP contribution in [-0.2, 0) is 19.2 Å². The van der Waals surface area contributed by atoms with Crippen molar-refractivity contribution in [2.45, 2.75) is 77.0 Å². The van der Waals surface area contributed by atoms with Crippen LogP contribution >= 0.6 is 0 Å². The van der Waals surface area contributed by atoms with E-state index in [4.69, 9.17) is 9.98 Å². The molecule has 8 rings (SSSR count). The minimum atomic E-state index is -0.778. The van der Waals surface area contributed by atoms with Gasteiger partial charge < -0.3 is 35.6 Å². The van der Waals surface area contributed by atoms with Gasteiger partial charge in [-0.1, -0.05) is 50.2 Å². The summed E-state index contributed by atoms with van der Waals surface area (Å²) in [7, 11) is 0. The lowest BCUT2D eigenvalue weighted by atomic mass is 10.0. The molecule has 2 saturated heterocycles. The van der Waals surface area contributed by atoms with E-state index in [2.05, 4.69) is 20.6 Å². The maximum absolute atomic E-state index is 13.9. The van der Waals surface area contributed by atoms with Gasteiger partial charge in [0.25, 0.3) is 0 Å². The number of aliphatic hydroxyl groups is 1. The summed E-state index contributed by atoms with van der Waals surface area (Å²) >= 11 is 0. The van der Waals surface area contributed by atoms with Crippen LogP contribution in [0.2, 0.25) is 0 Å². The number of hydrogen-bond acceptors (Lipinski definition) is 9. The van der Waals surface area contributed by atoms with Crippen molar-refractivity contribution >= 4 is 40.7 Å². The van der Waals surface area contributed by atoms with Crippen LogP contribution in [0.1, 0.15) is 82.0 Å². The third kappa shape index (κ3) is 7.63. The number of aromatic amines is 1. The second-order valence-electron chi connectivity index (χ2n) is 15.7. The summed E-state index contributed by atoms with van der Waals surface area (Å²) in [5.74, 6) is -0.163. The standard InChI is InChI=1S/C43H48N10O6/c1-25(2)38(49-37(57)24-54)41(58)51-16-8-12-34(51)40-45-22-31(48-40)28-13-14-33(36(56)20-28)52-17-18-53-35(23-46-43(52)53)29-19-30(44-21-29)32-11-7-15-50(32)42(59)39(47-26(3)55)27-9-5-4-6-10-27/h4-6,9-10,13-14,17-18,20-23,25,32,34,38-39,54,56H,7-8,11-12,15-16,19,24H2,1-3H3,(H,45,48)(H,47,55)(H,49,57)/t32?,34?,38-,39+/m0/s1. The molecule has 16 heteroatoms. The Labute approximate surface area is 340 Å². The number of carbonyl (C=O) groups is 4. The minimum absolute atomic E-state index is 0.0307. The van der Waals surface area contributed by atoms with Crippen molar-refractivity contribution in [2.24, 2.45) is 10.9 Å². The number of allylic oxidation sites excluding steroid dienone is 1. The smallest absolute Gasteiger partial charge is 0.250 e. The van der Waals surface area contributed by atoms with E-state index < -0.39 is 24.6 Å². The minimum Gasteiger partial charge on any atom is -0.506 e. The van der Waals surface area contributed by atoms with Gasteiger partial charge in [-0.2, -0.15) is 0 Å². The molecule has 3 aromatic heterocycles. The molecule has 2 aromatic carbocycles. The molecule has 5 aromatic rings. The van der Waals surface area contributed by atoms with E-state index in [1.165, 1.54) is 6.92 Å². The summed E-state index contributed by atoms with van der Waals surface area (Å²) in [4.78, 5) is 72.6. The first-order valence-electron chi connectivity index (χ1n) is 20.0. The Kier molecular flexibility index (Phi) is 10.9. The maximum Gasteiger partial charge on any atom is 0.250 e. The first-order valence-corrected chi connectivity index (χ1v) is 20.0. The molecule has 0 spiro atoms. The number of hydrogen-bond donors (Lipinski definition) is 5. The molecule has 59 heavy (non-hydrogen) atoms. The van der Waals surface area contributed by atoms with E-state index in [9.17, 15) is 29.4 Å². The fourth-order valence-corrected chi connectivity index (χ4v) is 8.56. The van der Waals surface area contributed by atoms with Crippen molar-refractivity contribution in [3.8, 4) is 22.7 Å². The molecule has 16 nitrogen and oxygen atoms in total. The van der Waals surface area contributed by atoms with E-state index in [0.29, 0.717) is 54.5 Å². The largest absolute Gasteiger partial charge is 0.506 e. The van der Waals surface area contributed by atoms with Crippen LogP contribution in [0, 0.1) is 5.92 Å². The normalized spacial score (nSPS) is 18.9. The molecule has 3 aliphatic heterocycles. The number of nitrogens with one attached hydrogen (secondary N) is 3. The number of rotatable bonds is 12. The van der Waals surface area contributed by atoms with Crippen LogP contribution in [-0.4, -0.2) is 105 Å². The molecule has 0 bridgehead atoms. The number of aliphatic hydroxyl groups excluding tert-OH is 1. The van der Waals surface area contributed by atoms with Gasteiger partial charge in [0, 0.05) is 61.9 Å². The zero-order chi connectivity index (χ0) is 41.4. The van der Waals surface area contributed by atoms with E-state index >= 15 is 0 Å². The van der Waals surface area contributed by atoms with Crippen molar-refractivity contribution in [3.63, 3.8) is 0 Å². The van der Waals surface area contributed by atoms with Crippen LogP contribution < -0.4 is 10.6 Å². The molecule has 2 unspecified atom stereocenters. The van der Waals surface area contributed by atoms with Gasteiger partial charge in [-0.15, -0.1) is 0 Å². The molecule has 306 valence electrons. The number of fused-ring (bicyclic) bond motifs is 1. The van der Waals surface area contributed by atoms with Crippen LogP contribution in [0.25, 0.3) is 28.3 Å². The van der Waals surface area contributed by atoms with E-state index in [1.54, 1.807) is 23.4 Å². The summed E-state index contributed by atoms with van der Waals surface area (Å²) in [5.41, 5.74) is 5.34. The van der Waals surface area contributed by atoms with Gasteiger partial charge >= 0.3 is 0 Å². The zero-order valence-electron chi connectivity index (χ0n) is 33.2. The Balaban J connectivity index is 0.957. The van der Waals surface area contributed by atoms with Gasteiger partial charge in [-0.25, -0.2) is 9.97 Å². The number of phenols is 1. The van der Waals surface area contributed by atoms with Crippen molar-refractivity contribution < 1.29 is 29.4 Å². The number of phenolic OH excluding ortho intramolecular Hbond substituents is 1. The fraction of sp³-hybridized carbons (Fsp3) is 0.372. The maximum atomic E-state index is 13.9. The van der Waals surface area contributed by atoms with Gasteiger partial charge in [-0.05, 0) is 49.3 Å². The van der Waals surface area contributed by atoms with Crippen molar-refractivity contribution in [3.05, 3.63) is 96.6 Å². The van der Waals surface area contributed by atoms with Gasteiger partial charge in [0.15, 0.2) is 0 Å². The van der Waals surface area contributed by atoms with Crippen LogP contribution in [0.4, 0.5) is 0 Å². The lowest BCUT2D eigenvalue weighted by Gasteiger charge is -2.30. The number of amides is 4. The Morgan fingerprint density at radius 1 is 0.915 bits per heavy atom. The first kappa shape index (κ1) is 39.3. The Bertz CT molecular complexity index is 2460. The Hall–Kier alpha value is -6.55. The number of aromatic nitrogens is 5. The molecule has 6 heterocycles. The molecule has 5 N–H and O–H groups in total. The first-order chi connectivity index (χ1) is 28.5. The van der Waals surface area contributed by atoms with Gasteiger partial charge in [0.05, 0.1) is 41.6 Å². The van der Waals surface area contributed by atoms with E-state index in [0.717, 1.165) is 41.8 Å². The molecule has 3 aliphatic rings. The zero-order valence-corrected chi connectivity index (χ0v) is 33.2. The monoisotopic (exact) mass is 800 g/mol. The number of aromatic hydroxyl groups is 1. The number of likely N-dealkylation sites (tertiary alicyclic amines) is 2. The molecule has 4 atom stereocenters. The molecule has 4 amide bonds. The highest BCUT2D eigenvalue weighted by Gasteiger charge is 2.39. The number of benzene rings is 2. The van der Waals surface area contributed by atoms with Crippen molar-refractivity contribution in [1.82, 2.24) is 44.4 Å². The predicted molar refractivity (Wildman–Crippen MR) is 219 cm³/mol. The summed E-state index contributed by atoms with van der Waals surface area (Å²) in [6.07, 6.45) is 12.7. The number of nitrogens with zero attached hydrogens (tertiary/aromatic N) is 7. The second kappa shape index (κ2) is 16.4. The number of imidazole rings is 3. The molecule has 2 fully saturated rings. The number of carbonyl (C=O) groups excluding carboxylic acids is 4. The average Bonchev–Trinajstić information content (AvgIpc) is 4.08. The summed E-state index contributed by atoms with van der Waals surface area (Å²) in [6, 6.07) is 12.6. The third-order valence-electron chi connectivity index (χ3n) is 11.5. The highest BCUT2D eigenvalue weighted by molar-refractivity contribution is 6.03. The SMILES string of the molecule is CC(=O)N[C@@H](C(=O)N1CCCC1C1=NC=C(c2cnc3n(-c4ccc(-c5cnc(C6CCCN6C(=O)[C@@H](NC(=O)CO)C(C)C)[nH]5)cc4O)ccn23)C1)c1ccccc1. The Morgan fingerprint density at radius 3 is 2.37 bits per heavy atom. The van der Waals surface area contributed by atoms with Gasteiger partial charge in [0.1, 0.15) is 30.3 Å². The van der Waals surface area contributed by atoms with Crippen molar-refractivity contribution in [1.29, 1.82) is 0 Å². The Morgan fingerprint density at radius 2 is 1.66 bits per heavy atom. The lowest BCUT2D eigenvalue weighted by molar-refractivity contribution is -0.139. The third-order valence-corrected chi connectivity index (χ3v) is 11.5. The number of aliphatic imine (C=N–C) groups is 1. The van der Waals surface area contributed by atoms with Crippen LogP contribution in [0.5, 0.6) is 5.75 Å². The molecule has 0 saturated carbocycles. The highest BCUT2D eigenvalue weighted by atomic mass is 16.3. The summed E-state index contributed by atoms with van der Waals surface area (Å²) in [5, 5.41) is 26.1. The lowest BCUT2D eigenvalue weighted by Crippen LogP contribution is -2.51. The summed E-state index contributed by atoms with van der Waals surface area (Å²) < 4.78 is 3.76.